The maximum Gasteiger partial charge on any atom is 0.123 e. The molecule has 1 aromatic carbocycles. The van der Waals surface area contributed by atoms with Crippen LogP contribution < -0.4 is 5.32 Å². The first-order valence-electron chi connectivity index (χ1n) is 5.80. The van der Waals surface area contributed by atoms with Crippen LogP contribution in [0.25, 0.3) is 0 Å². The van der Waals surface area contributed by atoms with Gasteiger partial charge in [0.1, 0.15) is 5.82 Å². The zero-order valence-electron chi connectivity index (χ0n) is 10.3. The molecule has 0 aliphatic heterocycles. The highest BCUT2D eigenvalue weighted by atomic mass is 19.1. The minimum atomic E-state index is -0.701. The van der Waals surface area contributed by atoms with Crippen LogP contribution in [0.4, 0.5) is 4.39 Å². The first-order chi connectivity index (χ1) is 8.00. The smallest absolute Gasteiger partial charge is 0.123 e. The Morgan fingerprint density at radius 2 is 1.94 bits per heavy atom. The van der Waals surface area contributed by atoms with E-state index in [-0.39, 0.29) is 18.0 Å². The molecule has 1 aromatic rings. The average molecular weight is 241 g/mol. The van der Waals surface area contributed by atoms with Gasteiger partial charge in [0.05, 0.1) is 12.7 Å². The summed E-state index contributed by atoms with van der Waals surface area (Å²) >= 11 is 0. The lowest BCUT2D eigenvalue weighted by Gasteiger charge is -2.28. The van der Waals surface area contributed by atoms with E-state index in [0.717, 1.165) is 6.42 Å². The van der Waals surface area contributed by atoms with Gasteiger partial charge in [0.15, 0.2) is 0 Å². The van der Waals surface area contributed by atoms with Gasteiger partial charge in [-0.2, -0.15) is 0 Å². The van der Waals surface area contributed by atoms with Crippen molar-refractivity contribution in [3.8, 4) is 0 Å². The van der Waals surface area contributed by atoms with Crippen LogP contribution in [0.1, 0.15) is 31.9 Å². The zero-order valence-corrected chi connectivity index (χ0v) is 10.3. The number of nitrogens with one attached hydrogen (secondary N) is 1. The second kappa shape index (κ2) is 6.10. The largest absolute Gasteiger partial charge is 0.394 e. The van der Waals surface area contributed by atoms with E-state index in [0.29, 0.717) is 12.1 Å². The molecular formula is C13H20FNO2. The number of halogens is 1. The van der Waals surface area contributed by atoms with E-state index in [4.69, 9.17) is 0 Å². The number of β-amino-alcohol motifs (C(OH)–C–C–N with tert-alkyl or cyclic N) is 1. The molecule has 4 heteroatoms. The topological polar surface area (TPSA) is 52.5 Å². The fraction of sp³-hybridized carbons (Fsp3) is 0.538. The summed E-state index contributed by atoms with van der Waals surface area (Å²) in [5.41, 5.74) is 0.274. The molecule has 0 aromatic heterocycles. The Hall–Kier alpha value is -0.970. The fourth-order valence-corrected chi connectivity index (χ4v) is 1.44. The Kier molecular flexibility index (Phi) is 5.05. The third-order valence-electron chi connectivity index (χ3n) is 3.11. The number of rotatable bonds is 6. The molecular weight excluding hydrogens is 221 g/mol. The summed E-state index contributed by atoms with van der Waals surface area (Å²) in [6.07, 6.45) is 0.0626. The number of hydrogen-bond donors (Lipinski definition) is 3. The molecule has 96 valence electrons. The minimum absolute atomic E-state index is 0.0135. The zero-order chi connectivity index (χ0) is 12.9. The normalized spacial score (nSPS) is 16.5. The van der Waals surface area contributed by atoms with Crippen molar-refractivity contribution in [2.24, 2.45) is 0 Å². The van der Waals surface area contributed by atoms with Crippen LogP contribution in [0.2, 0.25) is 0 Å². The Balaban J connectivity index is 2.55. The lowest BCUT2D eigenvalue weighted by molar-refractivity contribution is 0.126. The van der Waals surface area contributed by atoms with Crippen LogP contribution in [0.5, 0.6) is 0 Å². The molecule has 0 radical (unpaired) electrons. The molecule has 0 saturated carbocycles. The highest BCUT2D eigenvalue weighted by Gasteiger charge is 2.21. The molecule has 1 rings (SSSR count). The molecule has 0 saturated heterocycles. The Morgan fingerprint density at radius 3 is 2.41 bits per heavy atom. The van der Waals surface area contributed by atoms with Gasteiger partial charge in [-0.25, -0.2) is 4.39 Å². The molecule has 0 fully saturated rings. The molecule has 0 bridgehead atoms. The fourth-order valence-electron chi connectivity index (χ4n) is 1.44. The van der Waals surface area contributed by atoms with Gasteiger partial charge < -0.3 is 15.5 Å². The van der Waals surface area contributed by atoms with Crippen molar-refractivity contribution in [1.29, 1.82) is 0 Å². The first kappa shape index (κ1) is 14.1. The third-order valence-corrected chi connectivity index (χ3v) is 3.11. The lowest BCUT2D eigenvalue weighted by Crippen LogP contribution is -2.46. The van der Waals surface area contributed by atoms with Gasteiger partial charge in [-0.3, -0.25) is 0 Å². The van der Waals surface area contributed by atoms with Crippen molar-refractivity contribution in [2.45, 2.75) is 31.9 Å². The summed E-state index contributed by atoms with van der Waals surface area (Å²) in [5, 5.41) is 22.2. The van der Waals surface area contributed by atoms with Gasteiger partial charge in [0.2, 0.25) is 0 Å². The summed E-state index contributed by atoms with van der Waals surface area (Å²) in [4.78, 5) is 0. The van der Waals surface area contributed by atoms with Crippen molar-refractivity contribution < 1.29 is 14.6 Å². The maximum absolute atomic E-state index is 12.7. The molecule has 0 spiro atoms. The molecule has 17 heavy (non-hydrogen) atoms. The maximum atomic E-state index is 12.7. The van der Waals surface area contributed by atoms with E-state index >= 15 is 0 Å². The minimum Gasteiger partial charge on any atom is -0.394 e. The van der Waals surface area contributed by atoms with Gasteiger partial charge in [0, 0.05) is 12.1 Å². The highest BCUT2D eigenvalue weighted by molar-refractivity contribution is 5.18. The number of aliphatic hydroxyl groups is 2. The highest BCUT2D eigenvalue weighted by Crippen LogP contribution is 2.15. The molecule has 2 atom stereocenters. The van der Waals surface area contributed by atoms with Crippen molar-refractivity contribution in [3.05, 3.63) is 35.6 Å². The van der Waals surface area contributed by atoms with Crippen LogP contribution in [-0.2, 0) is 0 Å². The monoisotopic (exact) mass is 241 g/mol. The molecule has 3 nitrogen and oxygen atoms in total. The second-order valence-electron chi connectivity index (χ2n) is 4.52. The van der Waals surface area contributed by atoms with Crippen LogP contribution in [-0.4, -0.2) is 28.9 Å². The SMILES string of the molecule is CCC(C)(CO)NCC(O)c1ccc(F)cc1. The Morgan fingerprint density at radius 1 is 1.35 bits per heavy atom. The summed E-state index contributed by atoms with van der Waals surface area (Å²) < 4.78 is 12.7. The average Bonchev–Trinajstić information content (AvgIpc) is 2.36. The molecule has 0 amide bonds. The predicted molar refractivity (Wildman–Crippen MR) is 65.1 cm³/mol. The van der Waals surface area contributed by atoms with Gasteiger partial charge in [-0.1, -0.05) is 19.1 Å². The quantitative estimate of drug-likeness (QED) is 0.709. The van der Waals surface area contributed by atoms with Crippen LogP contribution in [0.15, 0.2) is 24.3 Å². The van der Waals surface area contributed by atoms with Crippen molar-refractivity contribution in [1.82, 2.24) is 5.32 Å². The van der Waals surface area contributed by atoms with Gasteiger partial charge in [-0.05, 0) is 31.0 Å². The van der Waals surface area contributed by atoms with E-state index < -0.39 is 6.10 Å². The molecule has 3 N–H and O–H groups in total. The number of hydrogen-bond acceptors (Lipinski definition) is 3. The van der Waals surface area contributed by atoms with Gasteiger partial charge in [-0.15, -0.1) is 0 Å². The van der Waals surface area contributed by atoms with Crippen molar-refractivity contribution in [3.63, 3.8) is 0 Å². The Labute approximate surface area is 101 Å². The third kappa shape index (κ3) is 4.07. The van der Waals surface area contributed by atoms with E-state index in [1.54, 1.807) is 12.1 Å². The van der Waals surface area contributed by atoms with Gasteiger partial charge in [0.25, 0.3) is 0 Å². The predicted octanol–water partition coefficient (Wildman–Crippen LogP) is 1.61. The standard InChI is InChI=1S/C13H20FNO2/c1-3-13(2,9-16)15-8-12(17)10-4-6-11(14)7-5-10/h4-7,12,15-17H,3,8-9H2,1-2H3. The molecule has 2 unspecified atom stereocenters. The number of aliphatic hydroxyl groups excluding tert-OH is 2. The summed E-state index contributed by atoms with van der Waals surface area (Å²) in [5.74, 6) is -0.317. The molecule has 0 aliphatic carbocycles. The van der Waals surface area contributed by atoms with Crippen molar-refractivity contribution in [2.75, 3.05) is 13.2 Å². The van der Waals surface area contributed by atoms with Gasteiger partial charge >= 0.3 is 0 Å². The summed E-state index contributed by atoms with van der Waals surface area (Å²) in [6.45, 7) is 4.20. The van der Waals surface area contributed by atoms with Crippen LogP contribution in [0.3, 0.4) is 0 Å². The summed E-state index contributed by atoms with van der Waals surface area (Å²) in [7, 11) is 0. The van der Waals surface area contributed by atoms with Crippen LogP contribution >= 0.6 is 0 Å². The van der Waals surface area contributed by atoms with E-state index in [2.05, 4.69) is 5.32 Å². The lowest BCUT2D eigenvalue weighted by atomic mass is 9.99. The number of benzene rings is 1. The van der Waals surface area contributed by atoms with E-state index in [1.165, 1.54) is 12.1 Å². The van der Waals surface area contributed by atoms with E-state index in [9.17, 15) is 14.6 Å². The Bertz CT molecular complexity index is 336. The molecule has 0 aliphatic rings. The van der Waals surface area contributed by atoms with Crippen LogP contribution in [0, 0.1) is 5.82 Å². The molecule has 0 heterocycles. The van der Waals surface area contributed by atoms with Crippen molar-refractivity contribution >= 4 is 0 Å². The van der Waals surface area contributed by atoms with E-state index in [1.807, 2.05) is 13.8 Å². The second-order valence-corrected chi connectivity index (χ2v) is 4.52. The summed E-state index contributed by atoms with van der Waals surface area (Å²) in [6, 6.07) is 5.76. The first-order valence-corrected chi connectivity index (χ1v) is 5.80.